The average Bonchev–Trinajstić information content (AvgIpc) is 2.75. The summed E-state index contributed by atoms with van der Waals surface area (Å²) in [6.45, 7) is 3.25. The molecule has 1 aromatic carbocycles. The zero-order chi connectivity index (χ0) is 13.8. The number of hydrogen-bond donors (Lipinski definition) is 1. The van der Waals surface area contributed by atoms with Gasteiger partial charge >= 0.3 is 0 Å². The van der Waals surface area contributed by atoms with Crippen molar-refractivity contribution in [3.05, 3.63) is 30.1 Å². The maximum atomic E-state index is 13.1. The van der Waals surface area contributed by atoms with Crippen molar-refractivity contribution in [2.24, 2.45) is 5.92 Å². The molecular formula is C17H25FN2. The molecule has 0 amide bonds. The van der Waals surface area contributed by atoms with Crippen LogP contribution in [0.25, 0.3) is 0 Å². The molecule has 1 saturated carbocycles. The fourth-order valence-corrected chi connectivity index (χ4v) is 3.69. The van der Waals surface area contributed by atoms with Crippen molar-refractivity contribution in [3.8, 4) is 0 Å². The van der Waals surface area contributed by atoms with Gasteiger partial charge in [-0.1, -0.05) is 19.3 Å². The molecule has 20 heavy (non-hydrogen) atoms. The van der Waals surface area contributed by atoms with Crippen molar-refractivity contribution in [1.82, 2.24) is 5.32 Å². The van der Waals surface area contributed by atoms with E-state index in [1.807, 2.05) is 12.1 Å². The molecule has 3 rings (SSSR count). The number of nitrogens with one attached hydrogen (secondary N) is 1. The number of nitrogens with zero attached hydrogens (tertiary/aromatic N) is 1. The quantitative estimate of drug-likeness (QED) is 0.888. The molecule has 2 fully saturated rings. The fraction of sp³-hybridized carbons (Fsp3) is 0.647. The lowest BCUT2D eigenvalue weighted by Crippen LogP contribution is -2.43. The fourth-order valence-electron chi connectivity index (χ4n) is 3.69. The topological polar surface area (TPSA) is 15.3 Å². The van der Waals surface area contributed by atoms with Crippen LogP contribution in [0.5, 0.6) is 0 Å². The van der Waals surface area contributed by atoms with Gasteiger partial charge in [0.15, 0.2) is 0 Å². The van der Waals surface area contributed by atoms with Crippen LogP contribution in [0.2, 0.25) is 0 Å². The first-order chi connectivity index (χ1) is 9.83. The molecule has 1 heterocycles. The summed E-state index contributed by atoms with van der Waals surface area (Å²) >= 11 is 0. The summed E-state index contributed by atoms with van der Waals surface area (Å²) in [6.07, 6.45) is 8.09. The largest absolute Gasteiger partial charge is 0.370 e. The van der Waals surface area contributed by atoms with E-state index in [4.69, 9.17) is 0 Å². The normalized spacial score (nSPS) is 25.4. The minimum atomic E-state index is -0.148. The molecule has 1 aliphatic heterocycles. The molecule has 1 aromatic rings. The van der Waals surface area contributed by atoms with Crippen LogP contribution < -0.4 is 10.2 Å². The predicted octanol–water partition coefficient (Wildman–Crippen LogP) is 3.57. The van der Waals surface area contributed by atoms with Gasteiger partial charge in [-0.2, -0.15) is 0 Å². The molecule has 2 aliphatic rings. The maximum Gasteiger partial charge on any atom is 0.123 e. The summed E-state index contributed by atoms with van der Waals surface area (Å²) in [5, 5.41) is 3.75. The van der Waals surface area contributed by atoms with Crippen LogP contribution in [0.1, 0.15) is 38.5 Å². The monoisotopic (exact) mass is 276 g/mol. The van der Waals surface area contributed by atoms with Gasteiger partial charge in [0.25, 0.3) is 0 Å². The molecule has 1 aliphatic carbocycles. The highest BCUT2D eigenvalue weighted by Gasteiger charge is 2.26. The van der Waals surface area contributed by atoms with Crippen LogP contribution >= 0.6 is 0 Å². The highest BCUT2D eigenvalue weighted by molar-refractivity contribution is 5.46. The van der Waals surface area contributed by atoms with Gasteiger partial charge in [0, 0.05) is 24.8 Å². The summed E-state index contributed by atoms with van der Waals surface area (Å²) in [7, 11) is 0. The second-order valence-electron chi connectivity index (χ2n) is 6.23. The third kappa shape index (κ3) is 3.32. The van der Waals surface area contributed by atoms with E-state index in [2.05, 4.69) is 10.2 Å². The highest BCUT2D eigenvalue weighted by atomic mass is 19.1. The third-order valence-corrected chi connectivity index (χ3v) is 4.84. The standard InChI is InChI=1S/C17H25FN2/c18-15-7-9-16(10-8-15)20-12-4-11-19-17(13-20)14-5-2-1-3-6-14/h7-10,14,17,19H,1-6,11-13H2. The van der Waals surface area contributed by atoms with E-state index in [1.165, 1.54) is 38.5 Å². The number of hydrogen-bond acceptors (Lipinski definition) is 2. The predicted molar refractivity (Wildman–Crippen MR) is 81.6 cm³/mol. The van der Waals surface area contributed by atoms with Gasteiger partial charge in [0.2, 0.25) is 0 Å². The Kier molecular flexibility index (Phi) is 4.56. The van der Waals surface area contributed by atoms with Gasteiger partial charge in [0.1, 0.15) is 5.82 Å². The summed E-state index contributed by atoms with van der Waals surface area (Å²) in [5.74, 6) is 0.676. The molecule has 0 bridgehead atoms. The van der Waals surface area contributed by atoms with Crippen LogP contribution in [0.4, 0.5) is 10.1 Å². The Labute approximate surface area is 121 Å². The van der Waals surface area contributed by atoms with Crippen molar-refractivity contribution in [3.63, 3.8) is 0 Å². The molecule has 1 saturated heterocycles. The summed E-state index contributed by atoms with van der Waals surface area (Å²) < 4.78 is 13.1. The van der Waals surface area contributed by atoms with Crippen molar-refractivity contribution >= 4 is 5.69 Å². The number of halogens is 1. The molecule has 2 nitrogen and oxygen atoms in total. The zero-order valence-corrected chi connectivity index (χ0v) is 12.2. The molecule has 1 N–H and O–H groups in total. The van der Waals surface area contributed by atoms with E-state index in [0.717, 1.165) is 31.2 Å². The van der Waals surface area contributed by atoms with E-state index in [1.54, 1.807) is 12.1 Å². The maximum absolute atomic E-state index is 13.1. The molecule has 0 spiro atoms. The van der Waals surface area contributed by atoms with Crippen LogP contribution in [0.3, 0.4) is 0 Å². The van der Waals surface area contributed by atoms with Gasteiger partial charge in [0.05, 0.1) is 0 Å². The van der Waals surface area contributed by atoms with Crippen molar-refractivity contribution in [2.45, 2.75) is 44.6 Å². The van der Waals surface area contributed by atoms with E-state index in [9.17, 15) is 4.39 Å². The van der Waals surface area contributed by atoms with E-state index >= 15 is 0 Å². The molecule has 1 unspecified atom stereocenters. The Hall–Kier alpha value is -1.09. The van der Waals surface area contributed by atoms with E-state index in [0.29, 0.717) is 6.04 Å². The second kappa shape index (κ2) is 6.57. The lowest BCUT2D eigenvalue weighted by atomic mass is 9.83. The first-order valence-electron chi connectivity index (χ1n) is 8.07. The SMILES string of the molecule is Fc1ccc(N2CCCNC(C3CCCCC3)C2)cc1. The molecule has 0 aromatic heterocycles. The molecular weight excluding hydrogens is 251 g/mol. The minimum Gasteiger partial charge on any atom is -0.370 e. The van der Waals surface area contributed by atoms with Gasteiger partial charge < -0.3 is 10.2 Å². The molecule has 0 radical (unpaired) electrons. The lowest BCUT2D eigenvalue weighted by molar-refractivity contribution is 0.277. The van der Waals surface area contributed by atoms with Gasteiger partial charge in [-0.05, 0) is 56.0 Å². The van der Waals surface area contributed by atoms with Gasteiger partial charge in [-0.25, -0.2) is 4.39 Å². The van der Waals surface area contributed by atoms with Crippen LogP contribution in [-0.2, 0) is 0 Å². The Morgan fingerprint density at radius 3 is 2.50 bits per heavy atom. The minimum absolute atomic E-state index is 0.148. The molecule has 1 atom stereocenters. The van der Waals surface area contributed by atoms with Crippen molar-refractivity contribution in [1.29, 1.82) is 0 Å². The van der Waals surface area contributed by atoms with Crippen LogP contribution in [-0.4, -0.2) is 25.7 Å². The first-order valence-corrected chi connectivity index (χ1v) is 8.07. The van der Waals surface area contributed by atoms with E-state index < -0.39 is 0 Å². The molecule has 3 heteroatoms. The smallest absolute Gasteiger partial charge is 0.123 e. The average molecular weight is 276 g/mol. The molecule has 110 valence electrons. The summed E-state index contributed by atoms with van der Waals surface area (Å²) in [5.41, 5.74) is 1.16. The Bertz CT molecular complexity index is 412. The third-order valence-electron chi connectivity index (χ3n) is 4.84. The van der Waals surface area contributed by atoms with Crippen molar-refractivity contribution < 1.29 is 4.39 Å². The van der Waals surface area contributed by atoms with Crippen LogP contribution in [0, 0.1) is 11.7 Å². The number of benzene rings is 1. The number of anilines is 1. The lowest BCUT2D eigenvalue weighted by Gasteiger charge is -2.33. The summed E-state index contributed by atoms with van der Waals surface area (Å²) in [4.78, 5) is 2.43. The van der Waals surface area contributed by atoms with Crippen LogP contribution in [0.15, 0.2) is 24.3 Å². The van der Waals surface area contributed by atoms with Gasteiger partial charge in [-0.3, -0.25) is 0 Å². The summed E-state index contributed by atoms with van der Waals surface area (Å²) in [6, 6.07) is 7.58. The highest BCUT2D eigenvalue weighted by Crippen LogP contribution is 2.28. The van der Waals surface area contributed by atoms with E-state index in [-0.39, 0.29) is 5.82 Å². The Balaban J connectivity index is 1.69. The first kappa shape index (κ1) is 13.9. The second-order valence-corrected chi connectivity index (χ2v) is 6.23. The number of rotatable bonds is 2. The Morgan fingerprint density at radius 1 is 1.00 bits per heavy atom. The zero-order valence-electron chi connectivity index (χ0n) is 12.2. The Morgan fingerprint density at radius 2 is 1.75 bits per heavy atom. The van der Waals surface area contributed by atoms with Gasteiger partial charge in [-0.15, -0.1) is 0 Å². The van der Waals surface area contributed by atoms with Crippen molar-refractivity contribution in [2.75, 3.05) is 24.5 Å².